The van der Waals surface area contributed by atoms with Crippen LogP contribution >= 0.6 is 0 Å². The Kier molecular flexibility index (Phi) is 19.5. The molecular formula is C27H51I2N5O2. The van der Waals surface area contributed by atoms with Crippen LogP contribution in [0.25, 0.3) is 0 Å². The van der Waals surface area contributed by atoms with E-state index in [2.05, 4.69) is 66.3 Å². The van der Waals surface area contributed by atoms with Gasteiger partial charge >= 0.3 is 0 Å². The van der Waals surface area contributed by atoms with Crippen molar-refractivity contribution < 1.29 is 66.5 Å². The topological polar surface area (TPSA) is 71.1 Å². The van der Waals surface area contributed by atoms with E-state index in [1.54, 1.807) is 0 Å². The lowest BCUT2D eigenvalue weighted by atomic mass is 9.99. The summed E-state index contributed by atoms with van der Waals surface area (Å²) in [5.41, 5.74) is 1.71. The molecule has 0 fully saturated rings. The van der Waals surface area contributed by atoms with Gasteiger partial charge < -0.3 is 67.6 Å². The van der Waals surface area contributed by atoms with Crippen LogP contribution in [0.1, 0.15) is 90.7 Å². The fraction of sp³-hybridized carbons (Fsp3) is 0.741. The third-order valence-corrected chi connectivity index (χ3v) is 8.81. The maximum atomic E-state index is 11.4. The second-order valence-electron chi connectivity index (χ2n) is 10.2. The third-order valence-electron chi connectivity index (χ3n) is 8.81. The summed E-state index contributed by atoms with van der Waals surface area (Å²) < 4.78 is 2.02. The molecule has 1 aromatic rings. The minimum atomic E-state index is -0.141. The normalized spacial score (nSPS) is 14.9. The predicted molar refractivity (Wildman–Crippen MR) is 140 cm³/mol. The van der Waals surface area contributed by atoms with Gasteiger partial charge in [-0.2, -0.15) is 0 Å². The molecule has 9 heteroatoms. The summed E-state index contributed by atoms with van der Waals surface area (Å²) >= 11 is 0. The fourth-order valence-corrected chi connectivity index (χ4v) is 4.79. The van der Waals surface area contributed by atoms with E-state index in [1.165, 1.54) is 0 Å². The van der Waals surface area contributed by atoms with E-state index in [4.69, 9.17) is 4.98 Å². The lowest BCUT2D eigenvalue weighted by Crippen LogP contribution is -3.00. The summed E-state index contributed by atoms with van der Waals surface area (Å²) in [6, 6.07) is 6.64. The van der Waals surface area contributed by atoms with Crippen LogP contribution in [-0.2, 0) is 9.59 Å². The van der Waals surface area contributed by atoms with Gasteiger partial charge in [0.15, 0.2) is 0 Å². The van der Waals surface area contributed by atoms with Crippen LogP contribution in [0.3, 0.4) is 0 Å². The Morgan fingerprint density at radius 3 is 1.33 bits per heavy atom. The van der Waals surface area contributed by atoms with E-state index in [0.29, 0.717) is 12.1 Å². The second-order valence-corrected chi connectivity index (χ2v) is 10.2. The molecule has 7 nitrogen and oxygen atoms in total. The van der Waals surface area contributed by atoms with Gasteiger partial charge in [-0.05, 0) is 66.5 Å². The van der Waals surface area contributed by atoms with Gasteiger partial charge in [-0.25, -0.2) is 0 Å². The van der Waals surface area contributed by atoms with Gasteiger partial charge in [0.2, 0.25) is 12.8 Å². The lowest BCUT2D eigenvalue weighted by molar-refractivity contribution is -0.928. The van der Waals surface area contributed by atoms with Crippen LogP contribution in [0.4, 0.5) is 0 Å². The van der Waals surface area contributed by atoms with Gasteiger partial charge in [0, 0.05) is 12.8 Å². The standard InChI is InChI=1S/C27H49N5O2.2HI/c1-9-31(7,10-2)22(5)16-18-24(28-20-33)26-14-13-15-27(30-26)25(29-21-34)19-17-23(6)32(8,11-3)12-4;;/h13-15,20-25H,9-12,16-19H2,1-8H3;2*1H. The fourth-order valence-electron chi connectivity index (χ4n) is 4.79. The summed E-state index contributed by atoms with van der Waals surface area (Å²) in [6.45, 7) is 17.9. The summed E-state index contributed by atoms with van der Waals surface area (Å²) in [6.07, 6.45) is 5.19. The molecule has 2 amide bonds. The highest BCUT2D eigenvalue weighted by atomic mass is 127. The van der Waals surface area contributed by atoms with Crippen LogP contribution < -0.4 is 58.6 Å². The third kappa shape index (κ3) is 10.7. The lowest BCUT2D eigenvalue weighted by Gasteiger charge is -2.39. The smallest absolute Gasteiger partial charge is 0.207 e. The van der Waals surface area contributed by atoms with Crippen molar-refractivity contribution in [3.05, 3.63) is 29.6 Å². The average Bonchev–Trinajstić information content (AvgIpc) is 2.87. The van der Waals surface area contributed by atoms with E-state index in [-0.39, 0.29) is 60.0 Å². The van der Waals surface area contributed by atoms with Gasteiger partial charge in [-0.3, -0.25) is 14.6 Å². The predicted octanol–water partition coefficient (Wildman–Crippen LogP) is -2.03. The van der Waals surface area contributed by atoms with E-state index < -0.39 is 0 Å². The number of pyridine rings is 1. The zero-order chi connectivity index (χ0) is 25.8. The molecule has 0 radical (unpaired) electrons. The maximum Gasteiger partial charge on any atom is 0.207 e. The molecule has 36 heavy (non-hydrogen) atoms. The highest BCUT2D eigenvalue weighted by Crippen LogP contribution is 2.25. The summed E-state index contributed by atoms with van der Waals surface area (Å²) in [7, 11) is 4.59. The molecule has 0 spiro atoms. The van der Waals surface area contributed by atoms with Gasteiger partial charge in [0.1, 0.15) is 0 Å². The van der Waals surface area contributed by atoms with Crippen LogP contribution in [0.15, 0.2) is 18.2 Å². The highest BCUT2D eigenvalue weighted by Gasteiger charge is 2.28. The van der Waals surface area contributed by atoms with Crippen molar-refractivity contribution in [2.45, 2.75) is 91.4 Å². The Hall–Kier alpha value is -0.530. The van der Waals surface area contributed by atoms with Crippen molar-refractivity contribution in [2.24, 2.45) is 0 Å². The van der Waals surface area contributed by atoms with E-state index in [9.17, 15) is 9.59 Å². The number of amides is 2. The molecule has 1 rings (SSSR count). The van der Waals surface area contributed by atoms with Gasteiger partial charge in [-0.15, -0.1) is 0 Å². The summed E-state index contributed by atoms with van der Waals surface area (Å²) in [5.74, 6) is 0. The molecule has 0 saturated heterocycles. The molecule has 0 bridgehead atoms. The largest absolute Gasteiger partial charge is 1.00 e. The Bertz CT molecular complexity index is 687. The minimum Gasteiger partial charge on any atom is -1.00 e. The van der Waals surface area contributed by atoms with Crippen molar-refractivity contribution in [3.63, 3.8) is 0 Å². The van der Waals surface area contributed by atoms with Gasteiger partial charge in [0.25, 0.3) is 0 Å². The van der Waals surface area contributed by atoms with Gasteiger partial charge in [0.05, 0.1) is 75.8 Å². The van der Waals surface area contributed by atoms with Crippen molar-refractivity contribution in [2.75, 3.05) is 40.3 Å². The monoisotopic (exact) mass is 731 g/mol. The second kappa shape index (κ2) is 18.7. The number of aromatic nitrogens is 1. The molecule has 4 atom stereocenters. The first-order valence-corrected chi connectivity index (χ1v) is 13.2. The van der Waals surface area contributed by atoms with Crippen LogP contribution in [0.2, 0.25) is 0 Å². The quantitative estimate of drug-likeness (QED) is 0.104. The minimum absolute atomic E-state index is 0. The maximum absolute atomic E-state index is 11.4. The summed E-state index contributed by atoms with van der Waals surface area (Å²) in [4.78, 5) is 27.7. The van der Waals surface area contributed by atoms with Crippen molar-refractivity contribution >= 4 is 12.8 Å². The zero-order valence-electron chi connectivity index (χ0n) is 23.8. The Balaban J connectivity index is 0. The van der Waals surface area contributed by atoms with E-state index in [0.717, 1.165) is 85.0 Å². The van der Waals surface area contributed by atoms with Crippen molar-refractivity contribution in [1.29, 1.82) is 0 Å². The Morgan fingerprint density at radius 1 is 0.722 bits per heavy atom. The SMILES string of the molecule is CC[N+](C)(CC)C(C)CCC(NC=O)c1cccc(C(CCC(C)[N+](C)(CC)CC)NC=O)n1.[I-].[I-]. The molecule has 4 unspecified atom stereocenters. The molecule has 0 aliphatic carbocycles. The van der Waals surface area contributed by atoms with Crippen LogP contribution in [-0.4, -0.2) is 79.1 Å². The van der Waals surface area contributed by atoms with Crippen LogP contribution in [0.5, 0.6) is 0 Å². The number of halogens is 2. The van der Waals surface area contributed by atoms with Crippen LogP contribution in [0, 0.1) is 0 Å². The highest BCUT2D eigenvalue weighted by molar-refractivity contribution is 5.48. The number of carbonyl (C=O) groups excluding carboxylic acids is 2. The summed E-state index contributed by atoms with van der Waals surface area (Å²) in [5, 5.41) is 5.97. The molecule has 1 aromatic heterocycles. The molecule has 0 aromatic carbocycles. The number of nitrogens with one attached hydrogen (secondary N) is 2. The van der Waals surface area contributed by atoms with Gasteiger partial charge in [-0.1, -0.05) is 6.07 Å². The molecule has 0 aliphatic heterocycles. The first-order chi connectivity index (χ1) is 16.1. The van der Waals surface area contributed by atoms with E-state index in [1.807, 2.05) is 18.2 Å². The number of rotatable bonds is 18. The number of hydrogen-bond donors (Lipinski definition) is 2. The van der Waals surface area contributed by atoms with Crippen molar-refractivity contribution in [3.8, 4) is 0 Å². The number of quaternary nitrogens is 2. The zero-order valence-corrected chi connectivity index (χ0v) is 28.1. The average molecular weight is 732 g/mol. The Labute approximate surface area is 254 Å². The molecule has 0 aliphatic rings. The van der Waals surface area contributed by atoms with E-state index >= 15 is 0 Å². The molecule has 210 valence electrons. The number of carbonyl (C=O) groups is 2. The Morgan fingerprint density at radius 2 is 1.06 bits per heavy atom. The first kappa shape index (κ1) is 37.6. The molecule has 0 saturated carbocycles. The first-order valence-electron chi connectivity index (χ1n) is 13.2. The number of nitrogens with zero attached hydrogens (tertiary/aromatic N) is 3. The molecule has 1 heterocycles. The molecular weight excluding hydrogens is 680 g/mol. The number of hydrogen-bond acceptors (Lipinski definition) is 3. The van der Waals surface area contributed by atoms with Crippen molar-refractivity contribution in [1.82, 2.24) is 15.6 Å². The molecule has 2 N–H and O–H groups in total.